The molecule has 1 aliphatic heterocycles. The summed E-state index contributed by atoms with van der Waals surface area (Å²) in [4.78, 5) is 7.73. The number of hydrogen-bond acceptors (Lipinski definition) is 3. The Kier molecular flexibility index (Phi) is 5.69. The third kappa shape index (κ3) is 4.20. The summed E-state index contributed by atoms with van der Waals surface area (Å²) in [6.07, 6.45) is 5.08. The van der Waals surface area contributed by atoms with Gasteiger partial charge in [-0.05, 0) is 18.8 Å². The van der Waals surface area contributed by atoms with Crippen LogP contribution in [-0.2, 0) is 4.84 Å². The summed E-state index contributed by atoms with van der Waals surface area (Å²) in [5.41, 5.74) is 0. The minimum atomic E-state index is 0.306. The molecule has 0 saturated carbocycles. The van der Waals surface area contributed by atoms with Crippen LogP contribution in [0.25, 0.3) is 0 Å². The van der Waals surface area contributed by atoms with Gasteiger partial charge in [0.05, 0.1) is 0 Å². The summed E-state index contributed by atoms with van der Waals surface area (Å²) >= 11 is 0. The lowest BCUT2D eigenvalue weighted by atomic mass is 10.0. The van der Waals surface area contributed by atoms with E-state index in [2.05, 4.69) is 30.6 Å². The molecule has 3 nitrogen and oxygen atoms in total. The number of nitrogens with zero attached hydrogens (tertiary/aromatic N) is 2. The fourth-order valence-corrected chi connectivity index (χ4v) is 2.21. The highest BCUT2D eigenvalue weighted by molar-refractivity contribution is 5.21. The smallest absolute Gasteiger partial charge is 0.130 e. The molecule has 0 aromatic rings. The zero-order chi connectivity index (χ0) is 11.1. The van der Waals surface area contributed by atoms with Crippen LogP contribution < -0.4 is 0 Å². The number of hydrogen-bond donors (Lipinski definition) is 0. The van der Waals surface area contributed by atoms with Crippen LogP contribution in [0.15, 0.2) is 5.16 Å². The predicted molar refractivity (Wildman–Crippen MR) is 64.2 cm³/mol. The summed E-state index contributed by atoms with van der Waals surface area (Å²) < 4.78 is 0. The first kappa shape index (κ1) is 12.5. The van der Waals surface area contributed by atoms with Gasteiger partial charge in [0.25, 0.3) is 0 Å². The second-order valence-electron chi connectivity index (χ2n) is 4.42. The molecule has 1 rings (SSSR count). The van der Waals surface area contributed by atoms with E-state index in [0.29, 0.717) is 6.10 Å². The molecule has 1 saturated heterocycles. The molecule has 0 N–H and O–H groups in total. The first-order chi connectivity index (χ1) is 7.30. The van der Waals surface area contributed by atoms with Gasteiger partial charge in [-0.25, -0.2) is 0 Å². The summed E-state index contributed by atoms with van der Waals surface area (Å²) in [5.74, 6) is 0.861. The van der Waals surface area contributed by atoms with Crippen molar-refractivity contribution in [3.63, 3.8) is 0 Å². The quantitative estimate of drug-likeness (QED) is 0.499. The summed E-state index contributed by atoms with van der Waals surface area (Å²) in [7, 11) is 0. The SMILES string of the molecule is C=NOC1CCN(CC(CC)CC)CC1. The Hall–Kier alpha value is -0.570. The fraction of sp³-hybridized carbons (Fsp3) is 0.917. The van der Waals surface area contributed by atoms with Gasteiger partial charge in [0.15, 0.2) is 0 Å². The van der Waals surface area contributed by atoms with Crippen molar-refractivity contribution in [1.29, 1.82) is 0 Å². The van der Waals surface area contributed by atoms with Gasteiger partial charge in [-0.3, -0.25) is 0 Å². The Balaban J connectivity index is 2.21. The molecule has 1 heterocycles. The van der Waals surface area contributed by atoms with Crippen molar-refractivity contribution in [3.05, 3.63) is 0 Å². The maximum Gasteiger partial charge on any atom is 0.130 e. The molecule has 0 amide bonds. The van der Waals surface area contributed by atoms with Gasteiger partial charge < -0.3 is 9.74 Å². The van der Waals surface area contributed by atoms with E-state index in [4.69, 9.17) is 4.84 Å². The zero-order valence-corrected chi connectivity index (χ0v) is 10.1. The topological polar surface area (TPSA) is 24.8 Å². The van der Waals surface area contributed by atoms with E-state index in [-0.39, 0.29) is 0 Å². The van der Waals surface area contributed by atoms with Crippen LogP contribution in [0.5, 0.6) is 0 Å². The third-order valence-electron chi connectivity index (χ3n) is 3.43. The molecule has 88 valence electrons. The molecule has 3 heteroatoms. The maximum atomic E-state index is 5.18. The fourth-order valence-electron chi connectivity index (χ4n) is 2.21. The van der Waals surface area contributed by atoms with Crippen molar-refractivity contribution in [2.45, 2.75) is 45.6 Å². The monoisotopic (exact) mass is 212 g/mol. The highest BCUT2D eigenvalue weighted by Gasteiger charge is 2.21. The normalized spacial score (nSPS) is 19.4. The molecule has 0 aromatic heterocycles. The van der Waals surface area contributed by atoms with Crippen molar-refractivity contribution in [2.24, 2.45) is 11.1 Å². The summed E-state index contributed by atoms with van der Waals surface area (Å²) in [6.45, 7) is 11.5. The number of rotatable bonds is 6. The molecule has 0 aromatic carbocycles. The highest BCUT2D eigenvalue weighted by Crippen LogP contribution is 2.17. The van der Waals surface area contributed by atoms with Gasteiger partial charge in [-0.1, -0.05) is 26.7 Å². The number of likely N-dealkylation sites (tertiary alicyclic amines) is 1. The minimum absolute atomic E-state index is 0.306. The molecule has 0 atom stereocenters. The van der Waals surface area contributed by atoms with Gasteiger partial charge in [0, 0.05) is 26.4 Å². The molecule has 0 unspecified atom stereocenters. The Morgan fingerprint density at radius 3 is 2.40 bits per heavy atom. The average Bonchev–Trinajstić information content (AvgIpc) is 2.28. The largest absolute Gasteiger partial charge is 0.393 e. The van der Waals surface area contributed by atoms with Crippen molar-refractivity contribution in [3.8, 4) is 0 Å². The van der Waals surface area contributed by atoms with Crippen LogP contribution in [0.4, 0.5) is 0 Å². The van der Waals surface area contributed by atoms with Crippen LogP contribution in [0.2, 0.25) is 0 Å². The lowest BCUT2D eigenvalue weighted by molar-refractivity contribution is 0.00887. The highest BCUT2D eigenvalue weighted by atomic mass is 16.6. The van der Waals surface area contributed by atoms with Gasteiger partial charge >= 0.3 is 0 Å². The molecule has 0 spiro atoms. The standard InChI is InChI=1S/C12H24N2O/c1-4-11(5-2)10-14-8-6-12(7-9-14)15-13-3/h11-12H,3-10H2,1-2H3. The van der Waals surface area contributed by atoms with E-state index in [1.165, 1.54) is 19.4 Å². The van der Waals surface area contributed by atoms with Crippen LogP contribution in [0, 0.1) is 5.92 Å². The van der Waals surface area contributed by atoms with Crippen molar-refractivity contribution in [1.82, 2.24) is 4.90 Å². The molecule has 0 radical (unpaired) electrons. The second-order valence-corrected chi connectivity index (χ2v) is 4.42. The predicted octanol–water partition coefficient (Wildman–Crippen LogP) is 2.52. The Morgan fingerprint density at radius 2 is 1.93 bits per heavy atom. The molecule has 0 bridgehead atoms. The molecule has 1 aliphatic rings. The van der Waals surface area contributed by atoms with E-state index in [9.17, 15) is 0 Å². The lowest BCUT2D eigenvalue weighted by Gasteiger charge is -2.32. The second kappa shape index (κ2) is 6.83. The minimum Gasteiger partial charge on any atom is -0.393 e. The molecule has 1 fully saturated rings. The molecule has 0 aliphatic carbocycles. The Morgan fingerprint density at radius 1 is 1.33 bits per heavy atom. The maximum absolute atomic E-state index is 5.18. The Labute approximate surface area is 93.5 Å². The zero-order valence-electron chi connectivity index (χ0n) is 10.1. The van der Waals surface area contributed by atoms with E-state index >= 15 is 0 Å². The number of piperidine rings is 1. The number of oxime groups is 1. The first-order valence-electron chi connectivity index (χ1n) is 6.14. The van der Waals surface area contributed by atoms with Gasteiger partial charge in [-0.15, -0.1) is 5.16 Å². The van der Waals surface area contributed by atoms with Crippen LogP contribution in [0.1, 0.15) is 39.5 Å². The van der Waals surface area contributed by atoms with Crippen molar-refractivity contribution < 1.29 is 4.84 Å². The van der Waals surface area contributed by atoms with Crippen LogP contribution >= 0.6 is 0 Å². The lowest BCUT2D eigenvalue weighted by Crippen LogP contribution is -2.39. The first-order valence-corrected chi connectivity index (χ1v) is 6.14. The van der Waals surface area contributed by atoms with Crippen LogP contribution in [-0.4, -0.2) is 37.4 Å². The molecule has 15 heavy (non-hydrogen) atoms. The van der Waals surface area contributed by atoms with Gasteiger partial charge in [-0.2, -0.15) is 0 Å². The van der Waals surface area contributed by atoms with Crippen molar-refractivity contribution in [2.75, 3.05) is 19.6 Å². The molecular formula is C12H24N2O. The third-order valence-corrected chi connectivity index (χ3v) is 3.43. The van der Waals surface area contributed by atoms with Crippen LogP contribution in [0.3, 0.4) is 0 Å². The van der Waals surface area contributed by atoms with Gasteiger partial charge in [0.2, 0.25) is 0 Å². The van der Waals surface area contributed by atoms with Crippen molar-refractivity contribution >= 4 is 6.72 Å². The average molecular weight is 212 g/mol. The van der Waals surface area contributed by atoms with E-state index in [0.717, 1.165) is 31.8 Å². The van der Waals surface area contributed by atoms with Gasteiger partial charge in [0.1, 0.15) is 6.10 Å². The van der Waals surface area contributed by atoms with E-state index in [1.807, 2.05) is 0 Å². The van der Waals surface area contributed by atoms with E-state index in [1.54, 1.807) is 0 Å². The summed E-state index contributed by atoms with van der Waals surface area (Å²) in [5, 5.41) is 3.51. The molecular weight excluding hydrogens is 188 g/mol. The Bertz CT molecular complexity index is 172. The summed E-state index contributed by atoms with van der Waals surface area (Å²) in [6, 6.07) is 0. The van der Waals surface area contributed by atoms with E-state index < -0.39 is 0 Å².